The van der Waals surface area contributed by atoms with Gasteiger partial charge in [-0.3, -0.25) is 24.6 Å². The Hall–Kier alpha value is -3.23. The molecule has 0 spiro atoms. The van der Waals surface area contributed by atoms with Crippen molar-refractivity contribution >= 4 is 29.7 Å². The molecule has 2 aliphatic rings. The lowest BCUT2D eigenvalue weighted by molar-refractivity contribution is -0.157. The van der Waals surface area contributed by atoms with Crippen LogP contribution in [0.4, 0.5) is 4.79 Å². The minimum absolute atomic E-state index is 0.0724. The number of carbonyl (C=O) groups excluding carboxylic acids is 5. The summed E-state index contributed by atoms with van der Waals surface area (Å²) in [4.78, 5) is 61.8. The number of nitrogens with zero attached hydrogens (tertiary/aromatic N) is 1. The molecule has 9 nitrogen and oxygen atoms in total. The third kappa shape index (κ3) is 3.88. The van der Waals surface area contributed by atoms with Crippen LogP contribution in [-0.4, -0.2) is 52.8 Å². The van der Waals surface area contributed by atoms with Crippen molar-refractivity contribution < 1.29 is 28.7 Å². The van der Waals surface area contributed by atoms with E-state index in [2.05, 4.69) is 10.6 Å². The van der Waals surface area contributed by atoms with Gasteiger partial charge in [0, 0.05) is 6.04 Å². The largest absolute Gasteiger partial charge is 0.451 e. The highest BCUT2D eigenvalue weighted by Crippen LogP contribution is 2.26. The predicted octanol–water partition coefficient (Wildman–Crippen LogP) is 0.899. The second-order valence-corrected chi connectivity index (χ2v) is 7.02. The smallest absolute Gasteiger partial charge is 0.329 e. The average Bonchev–Trinajstić information content (AvgIpc) is 3.40. The molecule has 0 saturated heterocycles. The molecule has 1 heterocycles. The molecule has 2 atom stereocenters. The van der Waals surface area contributed by atoms with Crippen LogP contribution in [0.1, 0.15) is 53.0 Å². The Morgan fingerprint density at radius 1 is 1.11 bits per heavy atom. The maximum atomic E-state index is 12.5. The molecule has 1 aliphatic carbocycles. The van der Waals surface area contributed by atoms with Gasteiger partial charge in [0.05, 0.1) is 11.1 Å². The van der Waals surface area contributed by atoms with Crippen LogP contribution < -0.4 is 10.6 Å². The van der Waals surface area contributed by atoms with Crippen LogP contribution in [0, 0.1) is 6.92 Å². The minimum atomic E-state index is -1.27. The first-order chi connectivity index (χ1) is 13.2. The summed E-state index contributed by atoms with van der Waals surface area (Å²) in [7, 11) is 0. The molecule has 2 N–H and O–H groups in total. The van der Waals surface area contributed by atoms with Crippen molar-refractivity contribution in [2.24, 2.45) is 0 Å². The molecule has 0 bridgehead atoms. The lowest BCUT2D eigenvalue weighted by Crippen LogP contribution is -2.48. The highest BCUT2D eigenvalue weighted by Gasteiger charge is 2.42. The van der Waals surface area contributed by atoms with Crippen molar-refractivity contribution in [1.29, 1.82) is 0 Å². The Morgan fingerprint density at radius 3 is 2.39 bits per heavy atom. The highest BCUT2D eigenvalue weighted by atomic mass is 16.5. The van der Waals surface area contributed by atoms with Gasteiger partial charge in [0.1, 0.15) is 6.04 Å². The van der Waals surface area contributed by atoms with Gasteiger partial charge in [0.2, 0.25) is 0 Å². The van der Waals surface area contributed by atoms with Crippen molar-refractivity contribution in [3.05, 3.63) is 34.9 Å². The fourth-order valence-electron chi connectivity index (χ4n) is 2.82. The Bertz CT molecular complexity index is 876. The van der Waals surface area contributed by atoms with Gasteiger partial charge in [0.15, 0.2) is 6.10 Å². The molecule has 3 rings (SSSR count). The summed E-state index contributed by atoms with van der Waals surface area (Å²) < 4.78 is 5.05. The van der Waals surface area contributed by atoms with Gasteiger partial charge in [-0.1, -0.05) is 11.6 Å². The molecule has 1 aliphatic heterocycles. The van der Waals surface area contributed by atoms with E-state index in [0.717, 1.165) is 23.3 Å². The van der Waals surface area contributed by atoms with Crippen LogP contribution in [-0.2, 0) is 14.3 Å². The van der Waals surface area contributed by atoms with E-state index in [4.69, 9.17) is 4.74 Å². The van der Waals surface area contributed by atoms with Gasteiger partial charge in [-0.05, 0) is 45.7 Å². The third-order valence-corrected chi connectivity index (χ3v) is 4.61. The van der Waals surface area contributed by atoms with Crippen molar-refractivity contribution in [1.82, 2.24) is 15.5 Å². The standard InChI is InChI=1S/C19H21N3O6/c1-9-4-7-13-14(8-9)17(25)22(16(13)24)10(2)18(26)28-11(3)15(23)21-19(27)20-12-5-6-12/h4,7-8,10-12H,5-6H2,1-3H3,(H2,20,21,23,27). The highest BCUT2D eigenvalue weighted by molar-refractivity contribution is 6.22. The van der Waals surface area contributed by atoms with Gasteiger partial charge >= 0.3 is 12.0 Å². The lowest BCUT2D eigenvalue weighted by atomic mass is 10.1. The van der Waals surface area contributed by atoms with Gasteiger partial charge < -0.3 is 10.1 Å². The molecule has 1 aromatic carbocycles. The Morgan fingerprint density at radius 2 is 1.75 bits per heavy atom. The lowest BCUT2D eigenvalue weighted by Gasteiger charge is -2.22. The first-order valence-corrected chi connectivity index (χ1v) is 8.99. The van der Waals surface area contributed by atoms with Crippen molar-refractivity contribution in [2.75, 3.05) is 0 Å². The van der Waals surface area contributed by atoms with Crippen LogP contribution in [0.25, 0.3) is 0 Å². The zero-order valence-electron chi connectivity index (χ0n) is 15.8. The third-order valence-electron chi connectivity index (χ3n) is 4.61. The SMILES string of the molecule is Cc1ccc2c(c1)C(=O)N(C(C)C(=O)OC(C)C(=O)NC(=O)NC1CC1)C2=O. The second kappa shape index (κ2) is 7.41. The van der Waals surface area contributed by atoms with Gasteiger partial charge in [-0.2, -0.15) is 0 Å². The molecule has 28 heavy (non-hydrogen) atoms. The Balaban J connectivity index is 1.61. The van der Waals surface area contributed by atoms with Gasteiger partial charge in [0.25, 0.3) is 17.7 Å². The van der Waals surface area contributed by atoms with E-state index in [1.165, 1.54) is 19.9 Å². The summed E-state index contributed by atoms with van der Waals surface area (Å²) >= 11 is 0. The number of benzene rings is 1. The van der Waals surface area contributed by atoms with Crippen molar-refractivity contribution in [3.63, 3.8) is 0 Å². The van der Waals surface area contributed by atoms with E-state index >= 15 is 0 Å². The number of carbonyl (C=O) groups is 5. The molecule has 1 fully saturated rings. The van der Waals surface area contributed by atoms with Gasteiger partial charge in [-0.25, -0.2) is 9.59 Å². The number of hydrogen-bond donors (Lipinski definition) is 2. The maximum absolute atomic E-state index is 12.5. The number of urea groups is 1. The van der Waals surface area contributed by atoms with Gasteiger partial charge in [-0.15, -0.1) is 0 Å². The fraction of sp³-hybridized carbons (Fsp3) is 0.421. The Labute approximate surface area is 161 Å². The molecule has 1 aromatic rings. The number of hydrogen-bond acceptors (Lipinski definition) is 6. The van der Waals surface area contributed by atoms with E-state index in [-0.39, 0.29) is 17.2 Å². The van der Waals surface area contributed by atoms with E-state index < -0.39 is 41.9 Å². The first kappa shape index (κ1) is 19.5. The van der Waals surface area contributed by atoms with Crippen LogP contribution in [0.3, 0.4) is 0 Å². The zero-order valence-corrected chi connectivity index (χ0v) is 15.8. The number of amides is 5. The second-order valence-electron chi connectivity index (χ2n) is 7.02. The quantitative estimate of drug-likeness (QED) is 0.572. The summed E-state index contributed by atoms with van der Waals surface area (Å²) in [5.74, 6) is -2.90. The molecule has 0 radical (unpaired) electrons. The van der Waals surface area contributed by atoms with Crippen LogP contribution >= 0.6 is 0 Å². The predicted molar refractivity (Wildman–Crippen MR) is 96.4 cm³/mol. The fourth-order valence-corrected chi connectivity index (χ4v) is 2.82. The number of imide groups is 2. The molecule has 9 heteroatoms. The van der Waals surface area contributed by atoms with Crippen molar-refractivity contribution in [3.8, 4) is 0 Å². The topological polar surface area (TPSA) is 122 Å². The minimum Gasteiger partial charge on any atom is -0.451 e. The monoisotopic (exact) mass is 387 g/mol. The number of aryl methyl sites for hydroxylation is 1. The van der Waals surface area contributed by atoms with E-state index in [0.29, 0.717) is 0 Å². The Kier molecular flexibility index (Phi) is 5.17. The van der Waals surface area contributed by atoms with E-state index in [1.807, 2.05) is 0 Å². The summed E-state index contributed by atoms with van der Waals surface area (Å²) in [5, 5.41) is 4.67. The normalized spacial score (nSPS) is 17.6. The van der Waals surface area contributed by atoms with E-state index in [1.54, 1.807) is 19.1 Å². The molecule has 2 unspecified atom stereocenters. The first-order valence-electron chi connectivity index (χ1n) is 8.99. The average molecular weight is 387 g/mol. The summed E-state index contributed by atoms with van der Waals surface area (Å²) in [6.45, 7) is 4.44. The van der Waals surface area contributed by atoms with Crippen LogP contribution in [0.2, 0.25) is 0 Å². The van der Waals surface area contributed by atoms with E-state index in [9.17, 15) is 24.0 Å². The summed E-state index contributed by atoms with van der Waals surface area (Å²) in [5.41, 5.74) is 1.26. The van der Waals surface area contributed by atoms with Crippen LogP contribution in [0.5, 0.6) is 0 Å². The molecular formula is C19H21N3O6. The van der Waals surface area contributed by atoms with Crippen LogP contribution in [0.15, 0.2) is 18.2 Å². The number of esters is 1. The number of fused-ring (bicyclic) bond motifs is 1. The molecule has 148 valence electrons. The summed E-state index contributed by atoms with van der Waals surface area (Å²) in [6.07, 6.45) is 0.463. The molecule has 0 aromatic heterocycles. The number of rotatable bonds is 5. The molecule has 5 amide bonds. The number of ether oxygens (including phenoxy) is 1. The number of nitrogens with one attached hydrogen (secondary N) is 2. The van der Waals surface area contributed by atoms with Crippen molar-refractivity contribution in [2.45, 2.75) is 51.8 Å². The maximum Gasteiger partial charge on any atom is 0.329 e. The zero-order chi connectivity index (χ0) is 20.6. The molecule has 1 saturated carbocycles. The molecular weight excluding hydrogens is 366 g/mol. The summed E-state index contributed by atoms with van der Waals surface area (Å²) in [6, 6.07) is 3.03.